The first-order valence-electron chi connectivity index (χ1n) is 8.11. The van der Waals surface area contributed by atoms with Crippen LogP contribution in [0.1, 0.15) is 49.7 Å². The fourth-order valence-corrected chi connectivity index (χ4v) is 3.15. The molecule has 0 spiro atoms. The molecule has 0 saturated carbocycles. The largest absolute Gasteiger partial charge is 0.312 e. The average molecular weight is 275 g/mol. The summed E-state index contributed by atoms with van der Waals surface area (Å²) in [6.07, 6.45) is 12.1. The number of piperidine rings is 2. The van der Waals surface area contributed by atoms with Crippen molar-refractivity contribution < 1.29 is 0 Å². The molecule has 3 heterocycles. The lowest BCUT2D eigenvalue weighted by Crippen LogP contribution is -2.51. The van der Waals surface area contributed by atoms with Gasteiger partial charge in [0.05, 0.1) is 0 Å². The first-order chi connectivity index (χ1) is 9.75. The number of aryl methyl sites for hydroxylation is 2. The van der Waals surface area contributed by atoms with E-state index in [2.05, 4.69) is 21.7 Å². The van der Waals surface area contributed by atoms with Crippen LogP contribution in [0.4, 0.5) is 0 Å². The highest BCUT2D eigenvalue weighted by Crippen LogP contribution is 2.17. The Bertz CT molecular complexity index is 346. The third kappa shape index (κ3) is 5.22. The summed E-state index contributed by atoms with van der Waals surface area (Å²) >= 11 is 0. The average Bonchev–Trinajstić information content (AvgIpc) is 2.49. The second-order valence-corrected chi connectivity index (χ2v) is 6.15. The molecule has 2 N–H and O–H groups in total. The van der Waals surface area contributed by atoms with Crippen molar-refractivity contribution in [2.45, 2.75) is 64.5 Å². The molecule has 1 aromatic rings. The first-order valence-corrected chi connectivity index (χ1v) is 8.11. The molecular weight excluding hydrogens is 246 g/mol. The van der Waals surface area contributed by atoms with E-state index in [1.165, 1.54) is 62.7 Å². The van der Waals surface area contributed by atoms with E-state index in [1.54, 1.807) is 0 Å². The smallest absolute Gasteiger partial charge is 0.0297 e. The molecule has 0 aromatic carbocycles. The second kappa shape index (κ2) is 8.38. The van der Waals surface area contributed by atoms with Crippen molar-refractivity contribution in [3.63, 3.8) is 0 Å². The number of nitrogens with one attached hydrogen (secondary N) is 2. The van der Waals surface area contributed by atoms with E-state index in [-0.39, 0.29) is 0 Å². The van der Waals surface area contributed by atoms with Crippen LogP contribution in [0.3, 0.4) is 0 Å². The third-order valence-corrected chi connectivity index (χ3v) is 4.19. The van der Waals surface area contributed by atoms with Crippen LogP contribution < -0.4 is 10.6 Å². The Morgan fingerprint density at radius 2 is 1.35 bits per heavy atom. The number of rotatable bonds is 1. The van der Waals surface area contributed by atoms with Gasteiger partial charge in [0, 0.05) is 24.5 Å². The third-order valence-electron chi connectivity index (χ3n) is 4.19. The molecule has 0 amide bonds. The highest BCUT2D eigenvalue weighted by atomic mass is 15.0. The molecule has 2 unspecified atom stereocenters. The monoisotopic (exact) mass is 275 g/mol. The van der Waals surface area contributed by atoms with E-state index < -0.39 is 0 Å². The van der Waals surface area contributed by atoms with Gasteiger partial charge in [0.25, 0.3) is 0 Å². The van der Waals surface area contributed by atoms with Crippen molar-refractivity contribution in [2.75, 3.05) is 13.1 Å². The molecule has 20 heavy (non-hydrogen) atoms. The van der Waals surface area contributed by atoms with Crippen LogP contribution in [0.25, 0.3) is 0 Å². The lowest BCUT2D eigenvalue weighted by atomic mass is 9.92. The molecule has 0 radical (unpaired) electrons. The van der Waals surface area contributed by atoms with Gasteiger partial charge < -0.3 is 10.6 Å². The summed E-state index contributed by atoms with van der Waals surface area (Å²) in [4.78, 5) is 3.98. The number of hydrogen-bond donors (Lipinski definition) is 2. The molecule has 2 fully saturated rings. The lowest BCUT2D eigenvalue weighted by Gasteiger charge is -2.34. The second-order valence-electron chi connectivity index (χ2n) is 6.15. The number of nitrogens with zero attached hydrogens (tertiary/aromatic N) is 1. The Hall–Kier alpha value is -0.930. The summed E-state index contributed by atoms with van der Waals surface area (Å²) in [6, 6.07) is 3.66. The van der Waals surface area contributed by atoms with Gasteiger partial charge in [-0.2, -0.15) is 0 Å². The van der Waals surface area contributed by atoms with Crippen molar-refractivity contribution in [1.82, 2.24) is 15.6 Å². The molecule has 2 aliphatic heterocycles. The number of pyridine rings is 1. The van der Waals surface area contributed by atoms with E-state index in [9.17, 15) is 0 Å². The Kier molecular flexibility index (Phi) is 6.48. The van der Waals surface area contributed by atoms with Gasteiger partial charge >= 0.3 is 0 Å². The van der Waals surface area contributed by atoms with Crippen LogP contribution in [-0.2, 0) is 0 Å². The molecule has 2 atom stereocenters. The quantitative estimate of drug-likeness (QED) is 0.827. The Balaban J connectivity index is 0.000000160. The van der Waals surface area contributed by atoms with Gasteiger partial charge in [-0.1, -0.05) is 18.9 Å². The highest BCUT2D eigenvalue weighted by Gasteiger charge is 2.23. The zero-order valence-electron chi connectivity index (χ0n) is 13.0. The molecule has 2 aliphatic rings. The molecule has 0 aliphatic carbocycles. The van der Waals surface area contributed by atoms with Crippen LogP contribution >= 0.6 is 0 Å². The minimum absolute atomic E-state index is 0.777. The van der Waals surface area contributed by atoms with Crippen LogP contribution in [0.15, 0.2) is 18.5 Å². The fraction of sp³-hybridized carbons (Fsp3) is 0.706. The lowest BCUT2D eigenvalue weighted by molar-refractivity contribution is 0.272. The Labute approximate surface area is 123 Å². The summed E-state index contributed by atoms with van der Waals surface area (Å²) in [6.45, 7) is 6.56. The van der Waals surface area contributed by atoms with Gasteiger partial charge in [0.15, 0.2) is 0 Å². The molecular formula is C17H29N3. The van der Waals surface area contributed by atoms with E-state index in [4.69, 9.17) is 0 Å². The van der Waals surface area contributed by atoms with Crippen molar-refractivity contribution in [1.29, 1.82) is 0 Å². The molecule has 3 rings (SSSR count). The van der Waals surface area contributed by atoms with Crippen molar-refractivity contribution in [3.05, 3.63) is 29.6 Å². The Morgan fingerprint density at radius 3 is 1.65 bits per heavy atom. The summed E-state index contributed by atoms with van der Waals surface area (Å²) in [5.41, 5.74) is 2.45. The molecule has 0 bridgehead atoms. The van der Waals surface area contributed by atoms with Crippen LogP contribution in [-0.4, -0.2) is 30.2 Å². The van der Waals surface area contributed by atoms with Gasteiger partial charge in [-0.15, -0.1) is 0 Å². The summed E-state index contributed by atoms with van der Waals surface area (Å²) in [5.74, 6) is 0. The minimum Gasteiger partial charge on any atom is -0.312 e. The SMILES string of the molecule is C1CCC(C2CCCCN2)NC1.Cc1cncc(C)c1. The van der Waals surface area contributed by atoms with Crippen molar-refractivity contribution >= 4 is 0 Å². The number of aromatic nitrogens is 1. The predicted molar refractivity (Wildman–Crippen MR) is 85.0 cm³/mol. The normalized spacial score (nSPS) is 26.5. The van der Waals surface area contributed by atoms with Gasteiger partial charge in [-0.25, -0.2) is 0 Å². The molecule has 2 saturated heterocycles. The van der Waals surface area contributed by atoms with E-state index in [1.807, 2.05) is 26.2 Å². The van der Waals surface area contributed by atoms with Crippen molar-refractivity contribution in [3.8, 4) is 0 Å². The van der Waals surface area contributed by atoms with E-state index >= 15 is 0 Å². The van der Waals surface area contributed by atoms with Crippen LogP contribution in [0, 0.1) is 13.8 Å². The molecule has 3 heteroatoms. The first kappa shape index (κ1) is 15.5. The van der Waals surface area contributed by atoms with Gasteiger partial charge in [-0.3, -0.25) is 4.98 Å². The maximum absolute atomic E-state index is 3.98. The van der Waals surface area contributed by atoms with Crippen molar-refractivity contribution in [2.24, 2.45) is 0 Å². The van der Waals surface area contributed by atoms with Crippen LogP contribution in [0.5, 0.6) is 0 Å². The minimum atomic E-state index is 0.777. The van der Waals surface area contributed by atoms with Gasteiger partial charge in [-0.05, 0) is 63.7 Å². The zero-order valence-corrected chi connectivity index (χ0v) is 13.0. The summed E-state index contributed by atoms with van der Waals surface area (Å²) in [5, 5.41) is 7.25. The predicted octanol–water partition coefficient (Wildman–Crippen LogP) is 2.97. The highest BCUT2D eigenvalue weighted by molar-refractivity contribution is 5.14. The summed E-state index contributed by atoms with van der Waals surface area (Å²) in [7, 11) is 0. The summed E-state index contributed by atoms with van der Waals surface area (Å²) < 4.78 is 0. The maximum atomic E-state index is 3.98. The van der Waals surface area contributed by atoms with Gasteiger partial charge in [0.1, 0.15) is 0 Å². The van der Waals surface area contributed by atoms with E-state index in [0.29, 0.717) is 0 Å². The maximum Gasteiger partial charge on any atom is 0.0297 e. The topological polar surface area (TPSA) is 37.0 Å². The van der Waals surface area contributed by atoms with Crippen LogP contribution in [0.2, 0.25) is 0 Å². The standard InChI is InChI=1S/C10H20N2.C7H9N/c1-3-7-11-9(5-1)10-6-2-4-8-12-10;1-6-3-7(2)5-8-4-6/h9-12H,1-8H2;3-5H,1-2H3. The van der Waals surface area contributed by atoms with Gasteiger partial charge in [0.2, 0.25) is 0 Å². The fourth-order valence-electron chi connectivity index (χ4n) is 3.15. The molecule has 112 valence electrons. The molecule has 1 aromatic heterocycles. The Morgan fingerprint density at radius 1 is 0.850 bits per heavy atom. The number of hydrogen-bond acceptors (Lipinski definition) is 3. The molecule has 3 nitrogen and oxygen atoms in total. The zero-order chi connectivity index (χ0) is 14.2. The van der Waals surface area contributed by atoms with E-state index in [0.717, 1.165) is 12.1 Å².